The van der Waals surface area contributed by atoms with Gasteiger partial charge in [0.05, 0.1) is 26.6 Å². The Kier molecular flexibility index (Phi) is 6.42. The molecule has 1 aliphatic rings. The first-order valence-electron chi connectivity index (χ1n) is 9.20. The normalized spacial score (nSPS) is 18.3. The maximum absolute atomic E-state index is 11.8. The van der Waals surface area contributed by atoms with E-state index >= 15 is 0 Å². The van der Waals surface area contributed by atoms with Crippen LogP contribution in [0.15, 0.2) is 36.4 Å². The molecule has 0 aliphatic carbocycles. The van der Waals surface area contributed by atoms with Crippen molar-refractivity contribution in [3.63, 3.8) is 0 Å². The van der Waals surface area contributed by atoms with Crippen LogP contribution in [0, 0.1) is 0 Å². The molecule has 1 heterocycles. The van der Waals surface area contributed by atoms with Gasteiger partial charge in [0.2, 0.25) is 0 Å². The lowest BCUT2D eigenvalue weighted by Crippen LogP contribution is -2.29. The SMILES string of the molecule is COc1ccc2c(c1)C(CS(=O)(=O)O)C(c1cc(C=CC(=O)O)cc(OC)c1O)CO2. The van der Waals surface area contributed by atoms with Crippen molar-refractivity contribution in [2.45, 2.75) is 11.8 Å². The molecular formula is C21H22O9S. The van der Waals surface area contributed by atoms with Gasteiger partial charge in [-0.25, -0.2) is 4.79 Å². The molecule has 0 spiro atoms. The topological polar surface area (TPSA) is 140 Å². The first-order chi connectivity index (χ1) is 14.6. The molecule has 2 atom stereocenters. The van der Waals surface area contributed by atoms with Gasteiger partial charge in [0.15, 0.2) is 11.5 Å². The van der Waals surface area contributed by atoms with Gasteiger partial charge in [-0.1, -0.05) is 0 Å². The number of aromatic hydroxyl groups is 1. The Balaban J connectivity index is 2.17. The number of rotatable bonds is 7. The Hall–Kier alpha value is -3.24. The number of carboxylic acids is 1. The summed E-state index contributed by atoms with van der Waals surface area (Å²) in [4.78, 5) is 10.9. The minimum atomic E-state index is -4.39. The number of carbonyl (C=O) groups is 1. The van der Waals surface area contributed by atoms with Crippen molar-refractivity contribution in [3.05, 3.63) is 53.1 Å². The Bertz CT molecular complexity index is 1120. The highest BCUT2D eigenvalue weighted by molar-refractivity contribution is 7.85. The second-order valence-corrected chi connectivity index (χ2v) is 8.51. The van der Waals surface area contributed by atoms with Gasteiger partial charge in [-0.15, -0.1) is 0 Å². The molecule has 2 aromatic rings. The van der Waals surface area contributed by atoms with E-state index in [2.05, 4.69) is 0 Å². The van der Waals surface area contributed by atoms with E-state index in [1.807, 2.05) is 0 Å². The lowest BCUT2D eigenvalue weighted by Gasteiger charge is -2.34. The second kappa shape index (κ2) is 8.86. The van der Waals surface area contributed by atoms with Gasteiger partial charge in [-0.05, 0) is 42.0 Å². The molecule has 1 aliphatic heterocycles. The Morgan fingerprint density at radius 1 is 1.19 bits per heavy atom. The molecular weight excluding hydrogens is 428 g/mol. The van der Waals surface area contributed by atoms with Crippen molar-refractivity contribution in [3.8, 4) is 23.0 Å². The summed E-state index contributed by atoms with van der Waals surface area (Å²) >= 11 is 0. The summed E-state index contributed by atoms with van der Waals surface area (Å²) in [6, 6.07) is 7.93. The Labute approximate surface area is 179 Å². The van der Waals surface area contributed by atoms with Crippen LogP contribution < -0.4 is 14.2 Å². The molecule has 0 bridgehead atoms. The third kappa shape index (κ3) is 5.09. The molecule has 0 aromatic heterocycles. The van der Waals surface area contributed by atoms with E-state index in [0.29, 0.717) is 28.2 Å². The molecule has 2 unspecified atom stereocenters. The van der Waals surface area contributed by atoms with Crippen LogP contribution in [-0.2, 0) is 14.9 Å². The molecule has 31 heavy (non-hydrogen) atoms. The van der Waals surface area contributed by atoms with E-state index in [4.69, 9.17) is 19.3 Å². The average Bonchev–Trinajstić information content (AvgIpc) is 2.72. The Morgan fingerprint density at radius 2 is 1.94 bits per heavy atom. The van der Waals surface area contributed by atoms with Crippen LogP contribution in [0.25, 0.3) is 6.08 Å². The van der Waals surface area contributed by atoms with Gasteiger partial charge in [0.1, 0.15) is 11.5 Å². The summed E-state index contributed by atoms with van der Waals surface area (Å²) in [5, 5.41) is 19.7. The summed E-state index contributed by atoms with van der Waals surface area (Å²) in [6.07, 6.45) is 2.26. The summed E-state index contributed by atoms with van der Waals surface area (Å²) in [5.74, 6) is -2.45. The number of benzene rings is 2. The van der Waals surface area contributed by atoms with E-state index in [9.17, 15) is 22.9 Å². The van der Waals surface area contributed by atoms with Crippen LogP contribution >= 0.6 is 0 Å². The fourth-order valence-corrected chi connectivity index (χ4v) is 4.55. The molecule has 3 N–H and O–H groups in total. The predicted molar refractivity (Wildman–Crippen MR) is 112 cm³/mol. The van der Waals surface area contributed by atoms with Crippen LogP contribution in [0.4, 0.5) is 0 Å². The average molecular weight is 450 g/mol. The highest BCUT2D eigenvalue weighted by Crippen LogP contribution is 2.48. The third-order valence-electron chi connectivity index (χ3n) is 5.08. The van der Waals surface area contributed by atoms with E-state index in [0.717, 1.165) is 6.08 Å². The van der Waals surface area contributed by atoms with Crippen molar-refractivity contribution < 1.29 is 42.2 Å². The number of carboxylic acid groups (broad SMARTS) is 1. The molecule has 0 amide bonds. The van der Waals surface area contributed by atoms with Crippen molar-refractivity contribution in [2.75, 3.05) is 26.6 Å². The zero-order valence-electron chi connectivity index (χ0n) is 16.8. The summed E-state index contributed by atoms with van der Waals surface area (Å²) in [5.41, 5.74) is 1.22. The van der Waals surface area contributed by atoms with E-state index < -0.39 is 33.7 Å². The summed E-state index contributed by atoms with van der Waals surface area (Å²) in [6.45, 7) is 0.0162. The fraction of sp³-hybridized carbons (Fsp3) is 0.286. The zero-order chi connectivity index (χ0) is 22.8. The number of phenols is 1. The molecule has 10 heteroatoms. The molecule has 3 rings (SSSR count). The van der Waals surface area contributed by atoms with Crippen LogP contribution in [0.1, 0.15) is 28.5 Å². The van der Waals surface area contributed by atoms with Gasteiger partial charge in [0, 0.05) is 29.0 Å². The maximum atomic E-state index is 11.8. The fourth-order valence-electron chi connectivity index (χ4n) is 3.68. The summed E-state index contributed by atoms with van der Waals surface area (Å²) in [7, 11) is -1.58. The second-order valence-electron chi connectivity index (χ2n) is 7.01. The minimum Gasteiger partial charge on any atom is -0.504 e. The molecule has 166 valence electrons. The molecule has 2 aromatic carbocycles. The van der Waals surface area contributed by atoms with E-state index in [-0.39, 0.29) is 18.1 Å². The number of methoxy groups -OCH3 is 2. The van der Waals surface area contributed by atoms with Gasteiger partial charge < -0.3 is 24.4 Å². The highest BCUT2D eigenvalue weighted by atomic mass is 32.2. The number of hydrogen-bond donors (Lipinski definition) is 3. The zero-order valence-corrected chi connectivity index (χ0v) is 17.6. The van der Waals surface area contributed by atoms with Crippen LogP contribution in [0.5, 0.6) is 23.0 Å². The Morgan fingerprint density at radius 3 is 2.55 bits per heavy atom. The third-order valence-corrected chi connectivity index (χ3v) is 5.86. The van der Waals surface area contributed by atoms with Crippen molar-refractivity contribution in [1.29, 1.82) is 0 Å². The molecule has 0 saturated heterocycles. The van der Waals surface area contributed by atoms with Gasteiger partial charge >= 0.3 is 5.97 Å². The lowest BCUT2D eigenvalue weighted by molar-refractivity contribution is -0.131. The lowest BCUT2D eigenvalue weighted by atomic mass is 9.80. The number of aliphatic carboxylic acids is 1. The molecule has 0 fully saturated rings. The van der Waals surface area contributed by atoms with Crippen molar-refractivity contribution in [2.24, 2.45) is 0 Å². The van der Waals surface area contributed by atoms with E-state index in [1.54, 1.807) is 18.2 Å². The van der Waals surface area contributed by atoms with Gasteiger partial charge in [0.25, 0.3) is 10.1 Å². The number of fused-ring (bicyclic) bond motifs is 1. The van der Waals surface area contributed by atoms with Gasteiger partial charge in [-0.3, -0.25) is 4.55 Å². The van der Waals surface area contributed by atoms with Crippen molar-refractivity contribution >= 4 is 22.2 Å². The smallest absolute Gasteiger partial charge is 0.328 e. The number of hydrogen-bond acceptors (Lipinski definition) is 7. The molecule has 0 radical (unpaired) electrons. The molecule has 9 nitrogen and oxygen atoms in total. The standard InChI is InChI=1S/C21H22O9S/c1-28-13-4-5-18-14(9-13)17(11-31(25,26)27)16(10-30-18)15-7-12(3-6-20(22)23)8-19(29-2)21(15)24/h3-9,16-17,24H,10-11H2,1-2H3,(H,22,23)(H,25,26,27). The van der Waals surface area contributed by atoms with E-state index in [1.165, 1.54) is 32.4 Å². The first-order valence-corrected chi connectivity index (χ1v) is 10.8. The van der Waals surface area contributed by atoms with Crippen molar-refractivity contribution in [1.82, 2.24) is 0 Å². The largest absolute Gasteiger partial charge is 0.504 e. The quantitative estimate of drug-likeness (QED) is 0.429. The predicted octanol–water partition coefficient (Wildman–Crippen LogP) is 2.65. The van der Waals surface area contributed by atoms with Crippen LogP contribution in [-0.4, -0.2) is 55.7 Å². The maximum Gasteiger partial charge on any atom is 0.328 e. The molecule has 0 saturated carbocycles. The first kappa shape index (κ1) is 22.4. The number of ether oxygens (including phenoxy) is 3. The van der Waals surface area contributed by atoms with Crippen LogP contribution in [0.3, 0.4) is 0 Å². The van der Waals surface area contributed by atoms with Gasteiger partial charge in [-0.2, -0.15) is 8.42 Å². The number of phenolic OH excluding ortho intramolecular Hbond substituents is 1. The monoisotopic (exact) mass is 450 g/mol. The highest BCUT2D eigenvalue weighted by Gasteiger charge is 2.37. The van der Waals surface area contributed by atoms with Crippen LogP contribution in [0.2, 0.25) is 0 Å². The summed E-state index contributed by atoms with van der Waals surface area (Å²) < 4.78 is 49.5. The minimum absolute atomic E-state index is 0.0162.